The quantitative estimate of drug-likeness (QED) is 0.797. The third-order valence-electron chi connectivity index (χ3n) is 4.41. The Morgan fingerprint density at radius 1 is 1.23 bits per heavy atom. The van der Waals surface area contributed by atoms with E-state index in [1.54, 1.807) is 18.3 Å². The fraction of sp³-hybridized carbons (Fsp3) is 0.450. The van der Waals surface area contributed by atoms with E-state index in [0.29, 0.717) is 43.0 Å². The molecule has 1 aliphatic heterocycles. The van der Waals surface area contributed by atoms with Crippen LogP contribution < -0.4 is 9.47 Å². The molecule has 2 aromatic rings. The molecule has 138 valence electrons. The SMILES string of the molecule is CCOc1ccc(C(=O)N2CCCC(COc3cccc(C)n3)C2)cn1. The molecule has 0 aromatic carbocycles. The van der Waals surface area contributed by atoms with Gasteiger partial charge in [0.25, 0.3) is 5.91 Å². The summed E-state index contributed by atoms with van der Waals surface area (Å²) in [6.45, 7) is 6.44. The number of pyridine rings is 2. The van der Waals surface area contributed by atoms with Gasteiger partial charge in [-0.25, -0.2) is 9.97 Å². The maximum atomic E-state index is 12.7. The fourth-order valence-electron chi connectivity index (χ4n) is 3.11. The van der Waals surface area contributed by atoms with Gasteiger partial charge in [0.1, 0.15) is 0 Å². The van der Waals surface area contributed by atoms with E-state index in [2.05, 4.69) is 9.97 Å². The molecule has 26 heavy (non-hydrogen) atoms. The number of carbonyl (C=O) groups excluding carboxylic acids is 1. The molecule has 6 nitrogen and oxygen atoms in total. The summed E-state index contributed by atoms with van der Waals surface area (Å²) >= 11 is 0. The molecular formula is C20H25N3O3. The summed E-state index contributed by atoms with van der Waals surface area (Å²) in [7, 11) is 0. The van der Waals surface area contributed by atoms with Crippen molar-refractivity contribution in [2.24, 2.45) is 5.92 Å². The van der Waals surface area contributed by atoms with Crippen molar-refractivity contribution in [1.82, 2.24) is 14.9 Å². The minimum atomic E-state index is 0.0129. The maximum Gasteiger partial charge on any atom is 0.255 e. The van der Waals surface area contributed by atoms with Crippen molar-refractivity contribution in [3.63, 3.8) is 0 Å². The minimum absolute atomic E-state index is 0.0129. The van der Waals surface area contributed by atoms with Crippen molar-refractivity contribution >= 4 is 5.91 Å². The van der Waals surface area contributed by atoms with E-state index in [9.17, 15) is 4.79 Å². The first-order valence-corrected chi connectivity index (χ1v) is 9.10. The first-order chi connectivity index (χ1) is 12.7. The highest BCUT2D eigenvalue weighted by Crippen LogP contribution is 2.20. The van der Waals surface area contributed by atoms with Gasteiger partial charge in [0.15, 0.2) is 0 Å². The van der Waals surface area contributed by atoms with E-state index in [0.717, 1.165) is 25.1 Å². The summed E-state index contributed by atoms with van der Waals surface area (Å²) in [6.07, 6.45) is 3.62. The van der Waals surface area contributed by atoms with Crippen LogP contribution in [0, 0.1) is 12.8 Å². The molecule has 1 fully saturated rings. The zero-order valence-electron chi connectivity index (χ0n) is 15.4. The van der Waals surface area contributed by atoms with Gasteiger partial charge in [-0.05, 0) is 38.8 Å². The Labute approximate surface area is 154 Å². The molecule has 0 N–H and O–H groups in total. The molecule has 0 bridgehead atoms. The minimum Gasteiger partial charge on any atom is -0.478 e. The number of piperidine rings is 1. The fourth-order valence-corrected chi connectivity index (χ4v) is 3.11. The van der Waals surface area contributed by atoms with E-state index in [4.69, 9.17) is 9.47 Å². The van der Waals surface area contributed by atoms with Crippen molar-refractivity contribution in [2.45, 2.75) is 26.7 Å². The lowest BCUT2D eigenvalue weighted by Crippen LogP contribution is -2.41. The highest BCUT2D eigenvalue weighted by Gasteiger charge is 2.25. The largest absolute Gasteiger partial charge is 0.478 e. The average Bonchev–Trinajstić information content (AvgIpc) is 2.67. The first kappa shape index (κ1) is 18.2. The molecule has 1 aliphatic rings. The van der Waals surface area contributed by atoms with Crippen molar-refractivity contribution in [1.29, 1.82) is 0 Å². The van der Waals surface area contributed by atoms with Gasteiger partial charge in [-0.2, -0.15) is 0 Å². The monoisotopic (exact) mass is 355 g/mol. The van der Waals surface area contributed by atoms with Crippen LogP contribution >= 0.6 is 0 Å². The van der Waals surface area contributed by atoms with Gasteiger partial charge in [-0.1, -0.05) is 6.07 Å². The molecule has 0 spiro atoms. The summed E-state index contributed by atoms with van der Waals surface area (Å²) in [5.41, 5.74) is 1.53. The molecule has 3 rings (SSSR count). The molecule has 1 saturated heterocycles. The van der Waals surface area contributed by atoms with Crippen LogP contribution in [-0.2, 0) is 0 Å². The van der Waals surface area contributed by atoms with Gasteiger partial charge in [0, 0.05) is 43.0 Å². The Morgan fingerprint density at radius 3 is 2.85 bits per heavy atom. The van der Waals surface area contributed by atoms with Crippen LogP contribution in [0.15, 0.2) is 36.5 Å². The van der Waals surface area contributed by atoms with Crippen LogP contribution in [0.5, 0.6) is 11.8 Å². The van der Waals surface area contributed by atoms with Gasteiger partial charge in [-0.3, -0.25) is 4.79 Å². The summed E-state index contributed by atoms with van der Waals surface area (Å²) < 4.78 is 11.2. The summed E-state index contributed by atoms with van der Waals surface area (Å²) in [5.74, 6) is 1.51. The number of amides is 1. The molecule has 1 atom stereocenters. The molecule has 3 heterocycles. The van der Waals surface area contributed by atoms with E-state index in [1.165, 1.54) is 0 Å². The number of hydrogen-bond acceptors (Lipinski definition) is 5. The van der Waals surface area contributed by atoms with Crippen molar-refractivity contribution in [3.05, 3.63) is 47.8 Å². The van der Waals surface area contributed by atoms with Crippen LogP contribution in [0.1, 0.15) is 35.8 Å². The molecule has 6 heteroatoms. The average molecular weight is 355 g/mol. The zero-order chi connectivity index (χ0) is 18.4. The molecule has 0 radical (unpaired) electrons. The number of ether oxygens (including phenoxy) is 2. The highest BCUT2D eigenvalue weighted by molar-refractivity contribution is 5.94. The number of nitrogens with zero attached hydrogens (tertiary/aromatic N) is 3. The number of aryl methyl sites for hydroxylation is 1. The van der Waals surface area contributed by atoms with Gasteiger partial charge < -0.3 is 14.4 Å². The molecule has 0 saturated carbocycles. The summed E-state index contributed by atoms with van der Waals surface area (Å²) in [6, 6.07) is 9.26. The van der Waals surface area contributed by atoms with Crippen LogP contribution in [0.4, 0.5) is 0 Å². The van der Waals surface area contributed by atoms with E-state index >= 15 is 0 Å². The Kier molecular flexibility index (Phi) is 6.04. The van der Waals surface area contributed by atoms with Gasteiger partial charge >= 0.3 is 0 Å². The first-order valence-electron chi connectivity index (χ1n) is 9.10. The Balaban J connectivity index is 1.56. The van der Waals surface area contributed by atoms with Gasteiger partial charge in [-0.15, -0.1) is 0 Å². The Morgan fingerprint density at radius 2 is 2.12 bits per heavy atom. The molecule has 0 aliphatic carbocycles. The lowest BCUT2D eigenvalue weighted by atomic mass is 9.98. The van der Waals surface area contributed by atoms with Crippen LogP contribution in [0.3, 0.4) is 0 Å². The van der Waals surface area contributed by atoms with Crippen LogP contribution in [-0.4, -0.2) is 47.1 Å². The normalized spacial score (nSPS) is 17.0. The Bertz CT molecular complexity index is 733. The number of carbonyl (C=O) groups is 1. The van der Waals surface area contributed by atoms with Gasteiger partial charge in [0.2, 0.25) is 11.8 Å². The van der Waals surface area contributed by atoms with E-state index < -0.39 is 0 Å². The third-order valence-corrected chi connectivity index (χ3v) is 4.41. The standard InChI is InChI=1S/C20H25N3O3/c1-3-25-18-10-9-17(12-21-18)20(24)23-11-5-7-16(13-23)14-26-19-8-4-6-15(2)22-19/h4,6,8-10,12,16H,3,5,7,11,13-14H2,1-2H3. The van der Waals surface area contributed by atoms with Crippen LogP contribution in [0.25, 0.3) is 0 Å². The zero-order valence-corrected chi connectivity index (χ0v) is 15.4. The van der Waals surface area contributed by atoms with E-state index in [1.807, 2.05) is 36.9 Å². The second kappa shape index (κ2) is 8.65. The molecular weight excluding hydrogens is 330 g/mol. The molecule has 2 aromatic heterocycles. The predicted molar refractivity (Wildman–Crippen MR) is 98.5 cm³/mol. The van der Waals surface area contributed by atoms with Crippen molar-refractivity contribution < 1.29 is 14.3 Å². The lowest BCUT2D eigenvalue weighted by Gasteiger charge is -2.32. The number of aromatic nitrogens is 2. The number of rotatable bonds is 6. The van der Waals surface area contributed by atoms with E-state index in [-0.39, 0.29) is 5.91 Å². The molecule has 1 amide bonds. The molecule has 1 unspecified atom stereocenters. The Hall–Kier alpha value is -2.63. The van der Waals surface area contributed by atoms with Gasteiger partial charge in [0.05, 0.1) is 18.8 Å². The van der Waals surface area contributed by atoms with Crippen molar-refractivity contribution in [2.75, 3.05) is 26.3 Å². The number of likely N-dealkylation sites (tertiary alicyclic amines) is 1. The second-order valence-corrected chi connectivity index (χ2v) is 6.51. The summed E-state index contributed by atoms with van der Waals surface area (Å²) in [4.78, 5) is 23.2. The predicted octanol–water partition coefficient (Wildman–Crippen LogP) is 3.11. The third kappa shape index (κ3) is 4.71. The second-order valence-electron chi connectivity index (χ2n) is 6.51. The lowest BCUT2D eigenvalue weighted by molar-refractivity contribution is 0.0630. The topological polar surface area (TPSA) is 64.5 Å². The van der Waals surface area contributed by atoms with Crippen LogP contribution in [0.2, 0.25) is 0 Å². The summed E-state index contributed by atoms with van der Waals surface area (Å²) in [5, 5.41) is 0. The maximum absolute atomic E-state index is 12.7. The highest BCUT2D eigenvalue weighted by atomic mass is 16.5. The smallest absolute Gasteiger partial charge is 0.255 e. The number of hydrogen-bond donors (Lipinski definition) is 0. The van der Waals surface area contributed by atoms with Crippen molar-refractivity contribution in [3.8, 4) is 11.8 Å².